The van der Waals surface area contributed by atoms with Crippen LogP contribution in [-0.4, -0.2) is 57.2 Å². The van der Waals surface area contributed by atoms with Crippen molar-refractivity contribution in [3.05, 3.63) is 41.7 Å². The van der Waals surface area contributed by atoms with Crippen LogP contribution < -0.4 is 9.64 Å². The zero-order valence-electron chi connectivity index (χ0n) is 18.5. The number of morpholine rings is 1. The number of benzene rings is 1. The summed E-state index contributed by atoms with van der Waals surface area (Å²) in [4.78, 5) is 12.1. The van der Waals surface area contributed by atoms with E-state index in [0.29, 0.717) is 48.6 Å². The van der Waals surface area contributed by atoms with E-state index < -0.39 is 15.9 Å². The monoisotopic (exact) mass is 451 g/mol. The molecular weight excluding hydrogens is 426 g/mol. The van der Waals surface area contributed by atoms with E-state index in [4.69, 9.17) is 19.4 Å². The first-order valence-electron chi connectivity index (χ1n) is 10.6. The van der Waals surface area contributed by atoms with E-state index in [1.54, 1.807) is 12.5 Å². The highest BCUT2D eigenvalue weighted by atomic mass is 32.2. The van der Waals surface area contributed by atoms with E-state index in [1.165, 1.54) is 0 Å². The van der Waals surface area contributed by atoms with Crippen molar-refractivity contribution in [3.8, 4) is 17.8 Å². The van der Waals surface area contributed by atoms with Crippen molar-refractivity contribution in [2.24, 2.45) is 0 Å². The van der Waals surface area contributed by atoms with Crippen LogP contribution in [0.5, 0.6) is 5.75 Å². The minimum Gasteiger partial charge on any atom is -0.616 e. The highest BCUT2D eigenvalue weighted by Gasteiger charge is 2.43. The Morgan fingerprint density at radius 1 is 1.22 bits per heavy atom. The van der Waals surface area contributed by atoms with Crippen LogP contribution >= 0.6 is 0 Å². The number of hydrogen-bond donors (Lipinski definition) is 0. The van der Waals surface area contributed by atoms with Gasteiger partial charge in [0.1, 0.15) is 18.4 Å². The molecule has 3 aromatic rings. The van der Waals surface area contributed by atoms with Gasteiger partial charge in [-0.2, -0.15) is 10.2 Å². The molecule has 0 bridgehead atoms. The largest absolute Gasteiger partial charge is 0.616 e. The third-order valence-corrected chi connectivity index (χ3v) is 8.01. The third kappa shape index (κ3) is 3.13. The van der Waals surface area contributed by atoms with Crippen molar-refractivity contribution in [1.29, 1.82) is 5.26 Å². The van der Waals surface area contributed by atoms with Crippen LogP contribution in [0.2, 0.25) is 0 Å². The molecule has 8 nitrogen and oxygen atoms in total. The maximum absolute atomic E-state index is 12.7. The maximum Gasteiger partial charge on any atom is 0.236 e. The summed E-state index contributed by atoms with van der Waals surface area (Å²) < 4.78 is 25.7. The molecule has 0 N–H and O–H groups in total. The van der Waals surface area contributed by atoms with Gasteiger partial charge in [-0.05, 0) is 38.0 Å². The SMILES string of the molecule is C[C@@H]1COC[C@H]2COc3c(nc(-n4cc(C#N)c5ccccc54)nc3C(C)(C)[S+](C)[O-])N21. The van der Waals surface area contributed by atoms with Gasteiger partial charge >= 0.3 is 0 Å². The Morgan fingerprint density at radius 3 is 2.75 bits per heavy atom. The van der Waals surface area contributed by atoms with Crippen LogP contribution in [0.3, 0.4) is 0 Å². The maximum atomic E-state index is 12.7. The molecule has 1 saturated heterocycles. The van der Waals surface area contributed by atoms with Crippen molar-refractivity contribution < 1.29 is 14.0 Å². The van der Waals surface area contributed by atoms with Crippen LogP contribution in [0.15, 0.2) is 30.5 Å². The van der Waals surface area contributed by atoms with E-state index in [1.807, 2.05) is 42.7 Å². The second-order valence-electron chi connectivity index (χ2n) is 8.79. The number of anilines is 1. The number of hydrogen-bond acceptors (Lipinski definition) is 7. The van der Waals surface area contributed by atoms with Gasteiger partial charge in [-0.25, -0.2) is 4.98 Å². The van der Waals surface area contributed by atoms with Gasteiger partial charge in [-0.1, -0.05) is 18.2 Å². The lowest BCUT2D eigenvalue weighted by Gasteiger charge is -2.45. The van der Waals surface area contributed by atoms with Gasteiger partial charge in [-0.3, -0.25) is 4.57 Å². The quantitative estimate of drug-likeness (QED) is 0.565. The van der Waals surface area contributed by atoms with Crippen LogP contribution in [0.4, 0.5) is 5.82 Å². The Balaban J connectivity index is 1.79. The Kier molecular flexibility index (Phi) is 5.04. The Labute approximate surface area is 190 Å². The number of para-hydroxylation sites is 1. The Hall–Kier alpha value is -2.80. The molecule has 1 fully saturated rings. The van der Waals surface area contributed by atoms with Crippen LogP contribution in [-0.2, 0) is 20.7 Å². The summed E-state index contributed by atoms with van der Waals surface area (Å²) in [5.41, 5.74) is 2.00. The second-order valence-corrected chi connectivity index (χ2v) is 10.7. The number of rotatable bonds is 3. The Bertz CT molecular complexity index is 1230. The molecule has 3 atom stereocenters. The molecule has 1 unspecified atom stereocenters. The zero-order valence-corrected chi connectivity index (χ0v) is 19.3. The molecule has 9 heteroatoms. The first-order chi connectivity index (χ1) is 15.3. The molecule has 32 heavy (non-hydrogen) atoms. The zero-order chi connectivity index (χ0) is 22.6. The summed E-state index contributed by atoms with van der Waals surface area (Å²) in [6.07, 6.45) is 3.44. The van der Waals surface area contributed by atoms with E-state index in [2.05, 4.69) is 17.9 Å². The molecule has 4 heterocycles. The average Bonchev–Trinajstić information content (AvgIpc) is 3.17. The summed E-state index contributed by atoms with van der Waals surface area (Å²) in [6.45, 7) is 7.53. The van der Waals surface area contributed by atoms with E-state index in [9.17, 15) is 9.81 Å². The molecule has 0 aliphatic carbocycles. The van der Waals surface area contributed by atoms with Crippen molar-refractivity contribution in [3.63, 3.8) is 0 Å². The normalized spacial score (nSPS) is 21.4. The molecule has 0 spiro atoms. The lowest BCUT2D eigenvalue weighted by atomic mass is 10.0. The highest BCUT2D eigenvalue weighted by molar-refractivity contribution is 7.91. The third-order valence-electron chi connectivity index (χ3n) is 6.37. The van der Waals surface area contributed by atoms with Gasteiger partial charge in [0.15, 0.2) is 16.3 Å². The summed E-state index contributed by atoms with van der Waals surface area (Å²) >= 11 is -1.21. The summed E-state index contributed by atoms with van der Waals surface area (Å²) in [5.74, 6) is 1.70. The molecule has 2 aromatic heterocycles. The predicted molar refractivity (Wildman–Crippen MR) is 123 cm³/mol. The van der Waals surface area contributed by atoms with Crippen molar-refractivity contribution in [2.75, 3.05) is 31.0 Å². The minimum absolute atomic E-state index is 0.0492. The van der Waals surface area contributed by atoms with E-state index in [0.717, 1.165) is 10.9 Å². The topological polar surface area (TPSA) is 99.3 Å². The molecule has 2 aliphatic rings. The fraction of sp³-hybridized carbons (Fsp3) is 0.435. The van der Waals surface area contributed by atoms with Crippen LogP contribution in [0, 0.1) is 11.3 Å². The smallest absolute Gasteiger partial charge is 0.236 e. The van der Waals surface area contributed by atoms with E-state index >= 15 is 0 Å². The van der Waals surface area contributed by atoms with Crippen molar-refractivity contribution >= 4 is 27.9 Å². The minimum atomic E-state index is -1.21. The van der Waals surface area contributed by atoms with Crippen LogP contribution in [0.1, 0.15) is 32.0 Å². The van der Waals surface area contributed by atoms with Gasteiger partial charge in [0.05, 0.1) is 42.6 Å². The molecule has 1 aromatic carbocycles. The average molecular weight is 452 g/mol. The summed E-state index contributed by atoms with van der Waals surface area (Å²) in [5, 5.41) is 10.5. The number of fused-ring (bicyclic) bond motifs is 4. The first kappa shape index (κ1) is 21.1. The van der Waals surface area contributed by atoms with Crippen LogP contribution in [0.25, 0.3) is 16.9 Å². The number of ether oxygens (including phenoxy) is 2. The van der Waals surface area contributed by atoms with Gasteiger partial charge in [0, 0.05) is 11.6 Å². The van der Waals surface area contributed by atoms with Gasteiger partial charge < -0.3 is 18.9 Å². The molecule has 0 saturated carbocycles. The fourth-order valence-corrected chi connectivity index (χ4v) is 4.82. The van der Waals surface area contributed by atoms with Gasteiger partial charge in [-0.15, -0.1) is 0 Å². The molecule has 166 valence electrons. The van der Waals surface area contributed by atoms with Gasteiger partial charge in [0.2, 0.25) is 5.95 Å². The van der Waals surface area contributed by atoms with E-state index in [-0.39, 0.29) is 12.1 Å². The highest BCUT2D eigenvalue weighted by Crippen LogP contribution is 2.44. The van der Waals surface area contributed by atoms with Crippen molar-refractivity contribution in [2.45, 2.75) is 37.6 Å². The molecular formula is C23H25N5O3S. The predicted octanol–water partition coefficient (Wildman–Crippen LogP) is 2.89. The summed E-state index contributed by atoms with van der Waals surface area (Å²) in [6, 6.07) is 10.1. The standard InChI is InChI=1S/C23H25N5O3S/c1-14-11-30-12-16-13-31-19-20(23(2,3)32(4)29)25-22(26-21(19)28(14)16)27-10-15(9-24)17-7-5-6-8-18(17)27/h5-8,10,14,16H,11-13H2,1-4H3/t14-,16+,32?/m1/s1. The number of nitriles is 1. The number of aromatic nitrogens is 3. The second kappa shape index (κ2) is 7.66. The molecule has 0 amide bonds. The van der Waals surface area contributed by atoms with Gasteiger partial charge in [0.25, 0.3) is 0 Å². The molecule has 0 radical (unpaired) electrons. The Morgan fingerprint density at radius 2 is 2.00 bits per heavy atom. The number of nitrogens with zero attached hydrogens (tertiary/aromatic N) is 5. The van der Waals surface area contributed by atoms with Crippen molar-refractivity contribution in [1.82, 2.24) is 14.5 Å². The molecule has 5 rings (SSSR count). The lowest BCUT2D eigenvalue weighted by Crippen LogP contribution is -2.56. The first-order valence-corrected chi connectivity index (χ1v) is 12.1. The fourth-order valence-electron chi connectivity index (χ4n) is 4.41. The lowest BCUT2D eigenvalue weighted by molar-refractivity contribution is 0.0482. The summed E-state index contributed by atoms with van der Waals surface area (Å²) in [7, 11) is 0. The molecule has 2 aliphatic heterocycles.